The Morgan fingerprint density at radius 1 is 1.05 bits per heavy atom. The molecule has 0 spiro atoms. The van der Waals surface area contributed by atoms with Crippen LogP contribution < -0.4 is 21.5 Å². The van der Waals surface area contributed by atoms with Gasteiger partial charge in [0.15, 0.2) is 0 Å². The van der Waals surface area contributed by atoms with E-state index in [1.165, 1.54) is 37.6 Å². The van der Waals surface area contributed by atoms with Gasteiger partial charge in [-0.05, 0) is 43.0 Å². The van der Waals surface area contributed by atoms with Crippen LogP contribution in [0.25, 0.3) is 0 Å². The smallest absolute Gasteiger partial charge is 0.330 e. The molecule has 1 heterocycles. The monoisotopic (exact) mass is 554 g/mol. The van der Waals surface area contributed by atoms with Crippen LogP contribution in [0.3, 0.4) is 0 Å². The number of aromatic nitrogens is 1. The molecule has 3 amide bonds. The van der Waals surface area contributed by atoms with Crippen LogP contribution in [-0.2, 0) is 30.5 Å². The average Bonchev–Trinajstić information content (AvgIpc) is 2.94. The first-order valence-electron chi connectivity index (χ1n) is 12.7. The summed E-state index contributed by atoms with van der Waals surface area (Å²) in [5.74, 6) is -3.94. The van der Waals surface area contributed by atoms with Crippen LogP contribution >= 0.6 is 0 Å². The first-order chi connectivity index (χ1) is 19.1. The summed E-state index contributed by atoms with van der Waals surface area (Å²) in [5.41, 5.74) is -0.503. The maximum atomic E-state index is 13.1. The third kappa shape index (κ3) is 9.53. The number of ether oxygens (including phenoxy) is 1. The highest BCUT2D eigenvalue weighted by Crippen LogP contribution is 2.09. The zero-order valence-electron chi connectivity index (χ0n) is 22.6. The summed E-state index contributed by atoms with van der Waals surface area (Å²) in [4.78, 5) is 74.2. The van der Waals surface area contributed by atoms with Gasteiger partial charge < -0.3 is 30.4 Å². The van der Waals surface area contributed by atoms with Gasteiger partial charge in [-0.1, -0.05) is 44.5 Å². The third-order valence-corrected chi connectivity index (χ3v) is 6.12. The molecule has 40 heavy (non-hydrogen) atoms. The summed E-state index contributed by atoms with van der Waals surface area (Å²) in [7, 11) is 1.23. The Hall–Kier alpha value is -4.74. The number of pyridine rings is 1. The highest BCUT2D eigenvalue weighted by Gasteiger charge is 2.26. The van der Waals surface area contributed by atoms with E-state index in [0.717, 1.165) is 4.57 Å². The fourth-order valence-corrected chi connectivity index (χ4v) is 3.64. The molecule has 2 aromatic rings. The van der Waals surface area contributed by atoms with E-state index in [1.54, 1.807) is 44.2 Å². The standard InChI is InChI=1S/C28H34N4O8/c1-4-18(2)24(28(38)39)31-22(33)17-32-16-10-14-21(27(32)37)30-26(36)20(13-8-9-15-23(34)40-3)29-25(35)19-11-6-5-7-12-19/h5-7,9-12,14-16,18,20,24H,4,8,13,17H2,1-3H3,(H,29,35)(H,30,36)(H,31,33)(H,38,39)/b15-9+/t18-,20+,24+/m1/s1. The molecule has 1 aromatic carbocycles. The zero-order valence-corrected chi connectivity index (χ0v) is 22.6. The van der Waals surface area contributed by atoms with Gasteiger partial charge in [-0.25, -0.2) is 9.59 Å². The quantitative estimate of drug-likeness (QED) is 0.202. The Kier molecular flexibility index (Phi) is 12.3. The number of carboxylic acids is 1. The Morgan fingerprint density at radius 3 is 2.38 bits per heavy atom. The summed E-state index contributed by atoms with van der Waals surface area (Å²) in [6.07, 6.45) is 4.90. The number of anilines is 1. The minimum atomic E-state index is -1.18. The number of aliphatic carboxylic acids is 1. The molecule has 0 saturated heterocycles. The summed E-state index contributed by atoms with van der Waals surface area (Å²) in [5, 5.41) is 17.0. The minimum absolute atomic E-state index is 0.105. The number of methoxy groups -OCH3 is 1. The molecule has 4 N–H and O–H groups in total. The second kappa shape index (κ2) is 15.6. The van der Waals surface area contributed by atoms with Crippen LogP contribution in [-0.4, -0.2) is 58.5 Å². The molecule has 0 saturated carbocycles. The lowest BCUT2D eigenvalue weighted by Crippen LogP contribution is -2.47. The molecule has 0 radical (unpaired) electrons. The average molecular weight is 555 g/mol. The van der Waals surface area contributed by atoms with Crippen LogP contribution in [0.15, 0.2) is 65.6 Å². The van der Waals surface area contributed by atoms with Crippen molar-refractivity contribution in [1.82, 2.24) is 15.2 Å². The second-order valence-corrected chi connectivity index (χ2v) is 9.01. The maximum absolute atomic E-state index is 13.1. The van der Waals surface area contributed by atoms with E-state index < -0.39 is 53.8 Å². The number of carboxylic acid groups (broad SMARTS) is 1. The molecular formula is C28H34N4O8. The van der Waals surface area contributed by atoms with E-state index >= 15 is 0 Å². The van der Waals surface area contributed by atoms with Crippen LogP contribution in [0.5, 0.6) is 0 Å². The number of esters is 1. The van der Waals surface area contributed by atoms with Gasteiger partial charge in [0, 0.05) is 17.8 Å². The van der Waals surface area contributed by atoms with Gasteiger partial charge in [0.1, 0.15) is 24.3 Å². The number of hydrogen-bond donors (Lipinski definition) is 4. The lowest BCUT2D eigenvalue weighted by Gasteiger charge is -2.20. The molecule has 12 nitrogen and oxygen atoms in total. The van der Waals surface area contributed by atoms with E-state index in [0.29, 0.717) is 12.0 Å². The summed E-state index contributed by atoms with van der Waals surface area (Å²) in [6.45, 7) is 3.03. The van der Waals surface area contributed by atoms with Gasteiger partial charge in [0.25, 0.3) is 11.5 Å². The molecule has 1 aromatic heterocycles. The van der Waals surface area contributed by atoms with E-state index in [4.69, 9.17) is 0 Å². The number of hydrogen-bond acceptors (Lipinski definition) is 7. The Bertz CT molecular complexity index is 1290. The fraction of sp³-hybridized carbons (Fsp3) is 0.357. The summed E-state index contributed by atoms with van der Waals surface area (Å²) >= 11 is 0. The van der Waals surface area contributed by atoms with Crippen LogP contribution in [0, 0.1) is 5.92 Å². The molecule has 0 aliphatic carbocycles. The predicted molar refractivity (Wildman–Crippen MR) is 146 cm³/mol. The number of rotatable bonds is 14. The van der Waals surface area contributed by atoms with Gasteiger partial charge in [-0.15, -0.1) is 0 Å². The van der Waals surface area contributed by atoms with E-state index in [1.807, 2.05) is 0 Å². The number of allylic oxidation sites excluding steroid dienone is 1. The molecule has 2 rings (SSSR count). The molecule has 0 aliphatic rings. The zero-order chi connectivity index (χ0) is 29.7. The van der Waals surface area contributed by atoms with Crippen molar-refractivity contribution >= 4 is 35.3 Å². The van der Waals surface area contributed by atoms with Crippen molar-refractivity contribution in [3.63, 3.8) is 0 Å². The van der Waals surface area contributed by atoms with Gasteiger partial charge in [-0.3, -0.25) is 19.2 Å². The number of carbonyl (C=O) groups excluding carboxylic acids is 4. The first-order valence-corrected chi connectivity index (χ1v) is 12.7. The predicted octanol–water partition coefficient (Wildman–Crippen LogP) is 1.71. The topological polar surface area (TPSA) is 173 Å². The van der Waals surface area contributed by atoms with Crippen molar-refractivity contribution in [2.75, 3.05) is 12.4 Å². The number of nitrogens with zero attached hydrogens (tertiary/aromatic N) is 1. The normalized spacial score (nSPS) is 13.1. The van der Waals surface area contributed by atoms with Crippen molar-refractivity contribution in [1.29, 1.82) is 0 Å². The number of carbonyl (C=O) groups is 5. The molecule has 0 fully saturated rings. The van der Waals surface area contributed by atoms with E-state index in [-0.39, 0.29) is 24.4 Å². The van der Waals surface area contributed by atoms with Crippen LogP contribution in [0.1, 0.15) is 43.5 Å². The largest absolute Gasteiger partial charge is 0.480 e. The molecular weight excluding hydrogens is 520 g/mol. The van der Waals surface area contributed by atoms with Crippen LogP contribution in [0.4, 0.5) is 5.69 Å². The lowest BCUT2D eigenvalue weighted by atomic mass is 9.99. The minimum Gasteiger partial charge on any atom is -0.480 e. The summed E-state index contributed by atoms with van der Waals surface area (Å²) < 4.78 is 5.58. The number of benzene rings is 1. The van der Waals surface area contributed by atoms with E-state index in [2.05, 4.69) is 20.7 Å². The Balaban J connectivity index is 2.18. The highest BCUT2D eigenvalue weighted by atomic mass is 16.5. The van der Waals surface area contributed by atoms with Crippen molar-refractivity contribution in [3.8, 4) is 0 Å². The third-order valence-electron chi connectivity index (χ3n) is 6.12. The molecule has 0 aliphatic heterocycles. The first kappa shape index (κ1) is 31.5. The van der Waals surface area contributed by atoms with Gasteiger partial charge in [-0.2, -0.15) is 0 Å². The number of nitrogens with one attached hydrogen (secondary N) is 3. The van der Waals surface area contributed by atoms with Gasteiger partial charge >= 0.3 is 11.9 Å². The lowest BCUT2D eigenvalue weighted by molar-refractivity contribution is -0.143. The SMILES string of the molecule is CC[C@@H](C)[C@H](NC(=O)Cn1cccc(NC(=O)[C@H](CC/C=C/C(=O)OC)NC(=O)c2ccccc2)c1=O)C(=O)O. The number of amides is 3. The Morgan fingerprint density at radius 2 is 1.75 bits per heavy atom. The van der Waals surface area contributed by atoms with E-state index in [9.17, 15) is 33.9 Å². The van der Waals surface area contributed by atoms with Crippen molar-refractivity contribution < 1.29 is 33.8 Å². The van der Waals surface area contributed by atoms with Gasteiger partial charge in [0.2, 0.25) is 11.8 Å². The van der Waals surface area contributed by atoms with Crippen molar-refractivity contribution in [2.24, 2.45) is 5.92 Å². The molecule has 0 bridgehead atoms. The fourth-order valence-electron chi connectivity index (χ4n) is 3.64. The van der Waals surface area contributed by atoms with Crippen molar-refractivity contribution in [3.05, 3.63) is 76.7 Å². The van der Waals surface area contributed by atoms with Crippen LogP contribution in [0.2, 0.25) is 0 Å². The molecule has 12 heteroatoms. The molecule has 214 valence electrons. The molecule has 3 atom stereocenters. The molecule has 0 unspecified atom stereocenters. The maximum Gasteiger partial charge on any atom is 0.330 e. The van der Waals surface area contributed by atoms with Crippen molar-refractivity contribution in [2.45, 2.75) is 51.7 Å². The highest BCUT2D eigenvalue weighted by molar-refractivity contribution is 6.01. The van der Waals surface area contributed by atoms with Gasteiger partial charge in [0.05, 0.1) is 7.11 Å². The second-order valence-electron chi connectivity index (χ2n) is 9.01. The summed E-state index contributed by atoms with van der Waals surface area (Å²) in [6, 6.07) is 8.87. The Labute approximate surface area is 231 Å².